The Labute approximate surface area is 125 Å². The van der Waals surface area contributed by atoms with Gasteiger partial charge in [0.25, 0.3) is 0 Å². The predicted octanol–water partition coefficient (Wildman–Crippen LogP) is 3.33. The van der Waals surface area contributed by atoms with E-state index in [2.05, 4.69) is 46.9 Å². The Kier molecular flexibility index (Phi) is 5.65. The van der Waals surface area contributed by atoms with Gasteiger partial charge in [-0.3, -0.25) is 4.79 Å². The van der Waals surface area contributed by atoms with Gasteiger partial charge in [-0.2, -0.15) is 0 Å². The van der Waals surface area contributed by atoms with E-state index >= 15 is 0 Å². The number of hydrogen-bond acceptors (Lipinski definition) is 2. The van der Waals surface area contributed by atoms with E-state index in [0.717, 1.165) is 18.8 Å². The molecule has 0 aliphatic heterocycles. The van der Waals surface area contributed by atoms with Crippen LogP contribution in [-0.4, -0.2) is 18.0 Å². The topological polar surface area (TPSA) is 55.1 Å². The van der Waals surface area contributed by atoms with Crippen molar-refractivity contribution in [1.29, 1.82) is 0 Å². The maximum absolute atomic E-state index is 12.5. The van der Waals surface area contributed by atoms with Crippen molar-refractivity contribution in [2.24, 2.45) is 28.9 Å². The molecule has 20 heavy (non-hydrogen) atoms. The molecule has 118 valence electrons. The molecular weight excluding hydrogens is 248 g/mol. The van der Waals surface area contributed by atoms with Crippen LogP contribution in [0.1, 0.15) is 67.2 Å². The minimum Gasteiger partial charge on any atom is -0.349 e. The number of amides is 1. The molecule has 3 nitrogen and oxygen atoms in total. The smallest absolute Gasteiger partial charge is 0.223 e. The second-order valence-corrected chi connectivity index (χ2v) is 8.18. The standard InChI is InChI=1S/C17H34N2O/c1-12(2)17(6,11-18)19-15(20)13-7-9-14(10-8-13)16(3,4)5/h12-14H,7-11,18H2,1-6H3,(H,19,20). The molecule has 1 aliphatic carbocycles. The quantitative estimate of drug-likeness (QED) is 0.831. The maximum Gasteiger partial charge on any atom is 0.223 e. The molecule has 0 aromatic rings. The summed E-state index contributed by atoms with van der Waals surface area (Å²) in [4.78, 5) is 12.5. The van der Waals surface area contributed by atoms with E-state index in [1.807, 2.05) is 0 Å². The van der Waals surface area contributed by atoms with Crippen molar-refractivity contribution in [2.45, 2.75) is 72.8 Å². The lowest BCUT2D eigenvalue weighted by Gasteiger charge is -2.39. The third-order valence-electron chi connectivity index (χ3n) is 5.43. The third kappa shape index (κ3) is 4.21. The van der Waals surface area contributed by atoms with Crippen LogP contribution in [0.2, 0.25) is 0 Å². The van der Waals surface area contributed by atoms with Gasteiger partial charge < -0.3 is 11.1 Å². The molecule has 0 radical (unpaired) electrons. The van der Waals surface area contributed by atoms with Gasteiger partial charge in [0.15, 0.2) is 0 Å². The van der Waals surface area contributed by atoms with Crippen molar-refractivity contribution < 1.29 is 4.79 Å². The second-order valence-electron chi connectivity index (χ2n) is 8.18. The molecule has 3 N–H and O–H groups in total. The molecule has 0 saturated heterocycles. The van der Waals surface area contributed by atoms with E-state index < -0.39 is 0 Å². The minimum absolute atomic E-state index is 0.179. The summed E-state index contributed by atoms with van der Waals surface area (Å²) >= 11 is 0. The highest BCUT2D eigenvalue weighted by atomic mass is 16.2. The highest BCUT2D eigenvalue weighted by Gasteiger charge is 2.35. The Morgan fingerprint density at radius 3 is 2.00 bits per heavy atom. The van der Waals surface area contributed by atoms with Crippen LogP contribution in [0, 0.1) is 23.2 Å². The zero-order chi connectivity index (χ0) is 15.6. The van der Waals surface area contributed by atoms with Gasteiger partial charge in [0, 0.05) is 12.5 Å². The van der Waals surface area contributed by atoms with E-state index in [9.17, 15) is 4.79 Å². The van der Waals surface area contributed by atoms with Crippen LogP contribution in [0.15, 0.2) is 0 Å². The van der Waals surface area contributed by atoms with Crippen LogP contribution < -0.4 is 11.1 Å². The normalized spacial score (nSPS) is 27.2. The van der Waals surface area contributed by atoms with E-state index in [1.165, 1.54) is 12.8 Å². The molecule has 0 bridgehead atoms. The van der Waals surface area contributed by atoms with Crippen molar-refractivity contribution in [2.75, 3.05) is 6.54 Å². The number of nitrogens with two attached hydrogens (primary N) is 1. The zero-order valence-electron chi connectivity index (χ0n) is 14.3. The fraction of sp³-hybridized carbons (Fsp3) is 0.941. The third-order valence-corrected chi connectivity index (χ3v) is 5.43. The monoisotopic (exact) mass is 282 g/mol. The van der Waals surface area contributed by atoms with Crippen LogP contribution in [0.5, 0.6) is 0 Å². The molecule has 1 amide bonds. The average Bonchev–Trinajstić information content (AvgIpc) is 2.37. The molecule has 0 aromatic heterocycles. The lowest BCUT2D eigenvalue weighted by atomic mass is 9.69. The van der Waals surface area contributed by atoms with Crippen LogP contribution in [0.4, 0.5) is 0 Å². The summed E-state index contributed by atoms with van der Waals surface area (Å²) in [5.74, 6) is 1.48. The van der Waals surface area contributed by atoms with Gasteiger partial charge in [0.1, 0.15) is 0 Å². The van der Waals surface area contributed by atoms with Gasteiger partial charge in [-0.25, -0.2) is 0 Å². The van der Waals surface area contributed by atoms with Gasteiger partial charge in [-0.05, 0) is 49.9 Å². The fourth-order valence-electron chi connectivity index (χ4n) is 3.04. The first-order chi connectivity index (χ1) is 9.10. The lowest BCUT2D eigenvalue weighted by molar-refractivity contribution is -0.128. The second kappa shape index (κ2) is 6.46. The number of rotatable bonds is 4. The van der Waals surface area contributed by atoms with Crippen molar-refractivity contribution in [3.8, 4) is 0 Å². The van der Waals surface area contributed by atoms with E-state index in [1.54, 1.807) is 0 Å². The Balaban J connectivity index is 2.55. The Bertz CT molecular complexity index is 324. The highest BCUT2D eigenvalue weighted by molar-refractivity contribution is 5.79. The van der Waals surface area contributed by atoms with Crippen LogP contribution in [0.3, 0.4) is 0 Å². The van der Waals surface area contributed by atoms with Crippen LogP contribution in [-0.2, 0) is 4.79 Å². The first-order valence-electron chi connectivity index (χ1n) is 8.12. The van der Waals surface area contributed by atoms with Crippen LogP contribution in [0.25, 0.3) is 0 Å². The van der Waals surface area contributed by atoms with Gasteiger partial charge in [-0.15, -0.1) is 0 Å². The van der Waals surface area contributed by atoms with Crippen molar-refractivity contribution >= 4 is 5.91 Å². The predicted molar refractivity (Wildman–Crippen MR) is 85.3 cm³/mol. The summed E-state index contributed by atoms with van der Waals surface area (Å²) in [6.07, 6.45) is 4.38. The molecule has 3 heteroatoms. The summed E-state index contributed by atoms with van der Waals surface area (Å²) in [5.41, 5.74) is 5.94. The average molecular weight is 282 g/mol. The van der Waals surface area contributed by atoms with Crippen LogP contribution >= 0.6 is 0 Å². The van der Waals surface area contributed by atoms with Gasteiger partial charge in [-0.1, -0.05) is 34.6 Å². The first-order valence-corrected chi connectivity index (χ1v) is 8.12. The molecule has 1 aliphatic rings. The first kappa shape index (κ1) is 17.5. The Morgan fingerprint density at radius 1 is 1.15 bits per heavy atom. The minimum atomic E-state index is -0.280. The molecule has 1 atom stereocenters. The maximum atomic E-state index is 12.5. The number of carbonyl (C=O) groups is 1. The molecule has 1 rings (SSSR count). The number of carbonyl (C=O) groups excluding carboxylic acids is 1. The SMILES string of the molecule is CC(C)C(C)(CN)NC(=O)C1CCC(C(C)(C)C)CC1. The van der Waals surface area contributed by atoms with E-state index in [0.29, 0.717) is 17.9 Å². The molecule has 1 fully saturated rings. The Morgan fingerprint density at radius 2 is 1.65 bits per heavy atom. The van der Waals surface area contributed by atoms with Crippen molar-refractivity contribution in [1.82, 2.24) is 5.32 Å². The van der Waals surface area contributed by atoms with E-state index in [-0.39, 0.29) is 17.4 Å². The van der Waals surface area contributed by atoms with E-state index in [4.69, 9.17) is 5.73 Å². The fourth-order valence-corrected chi connectivity index (χ4v) is 3.04. The molecule has 0 heterocycles. The van der Waals surface area contributed by atoms with Gasteiger partial charge in [0.05, 0.1) is 5.54 Å². The van der Waals surface area contributed by atoms with Gasteiger partial charge in [0.2, 0.25) is 5.91 Å². The summed E-state index contributed by atoms with van der Waals surface area (Å²) < 4.78 is 0. The van der Waals surface area contributed by atoms with Crippen molar-refractivity contribution in [3.63, 3.8) is 0 Å². The highest BCUT2D eigenvalue weighted by Crippen LogP contribution is 2.40. The lowest BCUT2D eigenvalue weighted by Crippen LogP contribution is -2.56. The Hall–Kier alpha value is -0.570. The summed E-state index contributed by atoms with van der Waals surface area (Å²) in [6, 6.07) is 0. The molecule has 0 aromatic carbocycles. The summed E-state index contributed by atoms with van der Waals surface area (Å²) in [6.45, 7) is 13.7. The van der Waals surface area contributed by atoms with Gasteiger partial charge >= 0.3 is 0 Å². The molecule has 0 spiro atoms. The largest absolute Gasteiger partial charge is 0.349 e. The number of hydrogen-bond donors (Lipinski definition) is 2. The zero-order valence-corrected chi connectivity index (χ0v) is 14.3. The number of nitrogens with one attached hydrogen (secondary N) is 1. The summed E-state index contributed by atoms with van der Waals surface area (Å²) in [5, 5.41) is 3.20. The molecule has 1 saturated carbocycles. The van der Waals surface area contributed by atoms with Crippen molar-refractivity contribution in [3.05, 3.63) is 0 Å². The summed E-state index contributed by atoms with van der Waals surface area (Å²) in [7, 11) is 0. The molecule has 1 unspecified atom stereocenters. The molecular formula is C17H34N2O.